The molecule has 1 aromatic rings. The number of terminal acetylenes is 1. The summed E-state index contributed by atoms with van der Waals surface area (Å²) in [7, 11) is 0. The van der Waals surface area contributed by atoms with E-state index in [1.54, 1.807) is 0 Å². The van der Waals surface area contributed by atoms with E-state index in [1.807, 2.05) is 11.8 Å². The molecule has 1 aliphatic rings. The Morgan fingerprint density at radius 3 is 3.00 bits per heavy atom. The van der Waals surface area contributed by atoms with Gasteiger partial charge in [-0.1, -0.05) is 24.1 Å². The van der Waals surface area contributed by atoms with Gasteiger partial charge in [-0.2, -0.15) is 0 Å². The van der Waals surface area contributed by atoms with Gasteiger partial charge in [-0.15, -0.1) is 18.2 Å². The van der Waals surface area contributed by atoms with E-state index in [4.69, 9.17) is 6.42 Å². The van der Waals surface area contributed by atoms with Crippen molar-refractivity contribution in [2.24, 2.45) is 10.9 Å². The van der Waals surface area contributed by atoms with Crippen molar-refractivity contribution in [3.63, 3.8) is 0 Å². The van der Waals surface area contributed by atoms with E-state index in [2.05, 4.69) is 58.4 Å². The van der Waals surface area contributed by atoms with Crippen LogP contribution in [0.2, 0.25) is 0 Å². The molecule has 1 aromatic carbocycles. The molecule has 1 N–H and O–H groups in total. The fourth-order valence-corrected chi connectivity index (χ4v) is 3.49. The van der Waals surface area contributed by atoms with Crippen LogP contribution in [-0.2, 0) is 0 Å². The Morgan fingerprint density at radius 2 is 2.29 bits per heavy atom. The van der Waals surface area contributed by atoms with E-state index >= 15 is 0 Å². The van der Waals surface area contributed by atoms with E-state index in [-0.39, 0.29) is 0 Å². The van der Waals surface area contributed by atoms with Crippen LogP contribution in [0.25, 0.3) is 0 Å². The summed E-state index contributed by atoms with van der Waals surface area (Å²) >= 11 is 1.94. The molecule has 0 radical (unpaired) electrons. The number of rotatable bonds is 5. The van der Waals surface area contributed by atoms with Gasteiger partial charge in [0.1, 0.15) is 6.54 Å². The summed E-state index contributed by atoms with van der Waals surface area (Å²) in [6.07, 6.45) is 6.53. The highest BCUT2D eigenvalue weighted by molar-refractivity contribution is 7.99. The van der Waals surface area contributed by atoms with Gasteiger partial charge in [-0.05, 0) is 31.4 Å². The summed E-state index contributed by atoms with van der Waals surface area (Å²) in [4.78, 5) is 8.14. The second-order valence-electron chi connectivity index (χ2n) is 5.10. The minimum absolute atomic E-state index is 0.447. The fraction of sp³-hybridized carbons (Fsp3) is 0.471. The second-order valence-corrected chi connectivity index (χ2v) is 6.19. The number of hydrogen-bond acceptors (Lipinski definition) is 2. The van der Waals surface area contributed by atoms with Gasteiger partial charge in [0.2, 0.25) is 0 Å². The summed E-state index contributed by atoms with van der Waals surface area (Å²) in [5, 5.41) is 3.33. The molecule has 0 aromatic heterocycles. The first kappa shape index (κ1) is 15.8. The molecular formula is C17H23N3S. The molecule has 0 aliphatic carbocycles. The number of benzene rings is 1. The molecule has 4 heteroatoms. The van der Waals surface area contributed by atoms with Gasteiger partial charge in [-0.25, -0.2) is 4.99 Å². The minimum Gasteiger partial charge on any atom is -0.356 e. The number of guanidine groups is 1. The van der Waals surface area contributed by atoms with Crippen molar-refractivity contribution in [1.82, 2.24) is 10.2 Å². The van der Waals surface area contributed by atoms with Crippen LogP contribution < -0.4 is 5.32 Å². The number of likely N-dealkylation sites (tertiary alicyclic amines) is 1. The van der Waals surface area contributed by atoms with Crippen LogP contribution in [0.15, 0.2) is 40.2 Å². The van der Waals surface area contributed by atoms with E-state index < -0.39 is 0 Å². The fourth-order valence-electron chi connectivity index (χ4n) is 2.44. The molecule has 2 rings (SSSR count). The number of aliphatic imine (C=N–C) groups is 1. The molecular weight excluding hydrogens is 278 g/mol. The summed E-state index contributed by atoms with van der Waals surface area (Å²) in [5.41, 5.74) is 0. The second kappa shape index (κ2) is 8.63. The van der Waals surface area contributed by atoms with Gasteiger partial charge in [0.25, 0.3) is 0 Å². The monoisotopic (exact) mass is 301 g/mol. The summed E-state index contributed by atoms with van der Waals surface area (Å²) in [6.45, 7) is 5.54. The first-order valence-corrected chi connectivity index (χ1v) is 8.46. The first-order chi connectivity index (χ1) is 10.3. The highest BCUT2D eigenvalue weighted by Gasteiger charge is 2.24. The quantitative estimate of drug-likeness (QED) is 0.392. The summed E-state index contributed by atoms with van der Waals surface area (Å²) in [5.74, 6) is 5.42. The average Bonchev–Trinajstić information content (AvgIpc) is 2.99. The maximum absolute atomic E-state index is 5.30. The molecule has 1 unspecified atom stereocenters. The van der Waals surface area contributed by atoms with Gasteiger partial charge in [0, 0.05) is 30.3 Å². The van der Waals surface area contributed by atoms with Crippen LogP contribution >= 0.6 is 11.8 Å². The predicted octanol–water partition coefficient (Wildman–Crippen LogP) is 2.70. The summed E-state index contributed by atoms with van der Waals surface area (Å²) in [6, 6.07) is 10.6. The van der Waals surface area contributed by atoms with Crippen molar-refractivity contribution in [1.29, 1.82) is 0 Å². The Hall–Kier alpha value is -1.60. The van der Waals surface area contributed by atoms with Crippen molar-refractivity contribution in [2.75, 3.05) is 31.9 Å². The zero-order valence-electron chi connectivity index (χ0n) is 12.6. The number of hydrogen-bond donors (Lipinski definition) is 1. The van der Waals surface area contributed by atoms with Crippen molar-refractivity contribution in [3.8, 4) is 12.3 Å². The van der Waals surface area contributed by atoms with Crippen LogP contribution in [0.1, 0.15) is 13.3 Å². The first-order valence-electron chi connectivity index (χ1n) is 7.48. The van der Waals surface area contributed by atoms with E-state index in [0.29, 0.717) is 12.5 Å². The van der Waals surface area contributed by atoms with Crippen LogP contribution in [0.5, 0.6) is 0 Å². The normalized spacial score (nSPS) is 18.6. The third-order valence-corrected chi connectivity index (χ3v) is 4.71. The van der Waals surface area contributed by atoms with Crippen molar-refractivity contribution in [3.05, 3.63) is 30.3 Å². The lowest BCUT2D eigenvalue weighted by Crippen LogP contribution is -2.40. The molecule has 0 spiro atoms. The van der Waals surface area contributed by atoms with Crippen LogP contribution in [0.3, 0.4) is 0 Å². The van der Waals surface area contributed by atoms with Crippen molar-refractivity contribution >= 4 is 17.7 Å². The molecule has 0 saturated carbocycles. The highest BCUT2D eigenvalue weighted by Crippen LogP contribution is 2.25. The Labute approximate surface area is 132 Å². The van der Waals surface area contributed by atoms with Crippen LogP contribution in [-0.4, -0.2) is 42.8 Å². The van der Waals surface area contributed by atoms with Crippen molar-refractivity contribution < 1.29 is 0 Å². The standard InChI is InChI=1S/C17H23N3S/c1-3-11-19-17(18-4-2)20-12-10-15(13-20)14-21-16-8-6-5-7-9-16/h1,5-9,15H,4,10-14H2,2H3,(H,18,19). The SMILES string of the molecule is C#CCN=C(NCC)N1CCC(CSc2ccccc2)C1. The van der Waals surface area contributed by atoms with E-state index in [9.17, 15) is 0 Å². The van der Waals surface area contributed by atoms with Gasteiger partial charge < -0.3 is 10.2 Å². The largest absolute Gasteiger partial charge is 0.356 e. The molecule has 1 fully saturated rings. The molecule has 112 valence electrons. The zero-order chi connectivity index (χ0) is 14.9. The molecule has 1 atom stereocenters. The van der Waals surface area contributed by atoms with Crippen LogP contribution in [0.4, 0.5) is 0 Å². The van der Waals surface area contributed by atoms with Crippen molar-refractivity contribution in [2.45, 2.75) is 18.2 Å². The third-order valence-electron chi connectivity index (χ3n) is 3.47. The highest BCUT2D eigenvalue weighted by atomic mass is 32.2. The van der Waals surface area contributed by atoms with E-state index in [1.165, 1.54) is 11.3 Å². The smallest absolute Gasteiger partial charge is 0.194 e. The Balaban J connectivity index is 1.83. The molecule has 21 heavy (non-hydrogen) atoms. The van der Waals surface area contributed by atoms with Gasteiger partial charge >= 0.3 is 0 Å². The molecule has 1 aliphatic heterocycles. The molecule has 3 nitrogen and oxygen atoms in total. The van der Waals surface area contributed by atoms with Gasteiger partial charge in [0.15, 0.2) is 5.96 Å². The van der Waals surface area contributed by atoms with E-state index in [0.717, 1.165) is 31.3 Å². The molecule has 1 saturated heterocycles. The maximum atomic E-state index is 5.30. The lowest BCUT2D eigenvalue weighted by Gasteiger charge is -2.21. The lowest BCUT2D eigenvalue weighted by atomic mass is 10.2. The third kappa shape index (κ3) is 5.02. The summed E-state index contributed by atoms with van der Waals surface area (Å²) < 4.78 is 0. The van der Waals surface area contributed by atoms with Gasteiger partial charge in [0.05, 0.1) is 0 Å². The van der Waals surface area contributed by atoms with Crippen LogP contribution in [0, 0.1) is 18.3 Å². The molecule has 0 bridgehead atoms. The Morgan fingerprint density at radius 1 is 1.48 bits per heavy atom. The van der Waals surface area contributed by atoms with Gasteiger partial charge in [-0.3, -0.25) is 0 Å². The predicted molar refractivity (Wildman–Crippen MR) is 91.7 cm³/mol. The molecule has 1 heterocycles. The average molecular weight is 301 g/mol. The topological polar surface area (TPSA) is 27.6 Å². The lowest BCUT2D eigenvalue weighted by molar-refractivity contribution is 0.476. The minimum atomic E-state index is 0.447. The maximum Gasteiger partial charge on any atom is 0.194 e. The molecule has 0 amide bonds. The zero-order valence-corrected chi connectivity index (χ0v) is 13.4. The number of thioether (sulfide) groups is 1. The Kier molecular flexibility index (Phi) is 6.49. The number of nitrogens with zero attached hydrogens (tertiary/aromatic N) is 2. The number of nitrogens with one attached hydrogen (secondary N) is 1. The Bertz CT molecular complexity index is 493.